The van der Waals surface area contributed by atoms with Gasteiger partial charge >= 0.3 is 0 Å². The number of hydrogen-bond acceptors (Lipinski definition) is 4. The molecule has 0 unspecified atom stereocenters. The van der Waals surface area contributed by atoms with Gasteiger partial charge in [-0.25, -0.2) is 0 Å². The lowest BCUT2D eigenvalue weighted by Crippen LogP contribution is -2.47. The summed E-state index contributed by atoms with van der Waals surface area (Å²) in [6.45, 7) is 6.44. The lowest BCUT2D eigenvalue weighted by molar-refractivity contribution is -0.133. The Morgan fingerprint density at radius 2 is 1.67 bits per heavy atom. The van der Waals surface area contributed by atoms with Gasteiger partial charge in [-0.3, -0.25) is 14.4 Å². The number of rotatable bonds is 8. The summed E-state index contributed by atoms with van der Waals surface area (Å²) in [5, 5.41) is 2.60. The number of halogens is 1. The predicted octanol–water partition coefficient (Wildman–Crippen LogP) is 1.26. The van der Waals surface area contributed by atoms with E-state index in [4.69, 9.17) is 5.73 Å². The maximum Gasteiger partial charge on any atom is 0.253 e. The van der Waals surface area contributed by atoms with E-state index in [-0.39, 0.29) is 42.6 Å². The molecule has 1 atom stereocenters. The lowest BCUT2D eigenvalue weighted by Gasteiger charge is -2.22. The van der Waals surface area contributed by atoms with Gasteiger partial charge in [0.05, 0.1) is 12.6 Å². The normalized spacial score (nSPS) is 11.4. The van der Waals surface area contributed by atoms with Gasteiger partial charge < -0.3 is 20.9 Å². The summed E-state index contributed by atoms with van der Waals surface area (Å²) in [6.07, 6.45) is 0. The third-order valence-corrected chi connectivity index (χ3v) is 4.15. The van der Waals surface area contributed by atoms with E-state index < -0.39 is 6.04 Å². The van der Waals surface area contributed by atoms with E-state index in [0.717, 1.165) is 5.56 Å². The van der Waals surface area contributed by atoms with Crippen molar-refractivity contribution in [3.8, 4) is 0 Å². The van der Waals surface area contributed by atoms with Crippen LogP contribution in [0.3, 0.4) is 0 Å². The summed E-state index contributed by atoms with van der Waals surface area (Å²) in [6, 6.07) is 6.54. The molecule has 0 radical (unpaired) electrons. The van der Waals surface area contributed by atoms with Gasteiger partial charge in [-0.05, 0) is 30.5 Å². The smallest absolute Gasteiger partial charge is 0.253 e. The van der Waals surface area contributed by atoms with Crippen LogP contribution in [0, 0.1) is 5.92 Å². The minimum absolute atomic E-state index is 0. The number of nitrogens with zero attached hydrogens (tertiary/aromatic N) is 2. The Balaban J connectivity index is 0.00000676. The zero-order valence-corrected chi connectivity index (χ0v) is 17.5. The van der Waals surface area contributed by atoms with Gasteiger partial charge in [0.25, 0.3) is 5.91 Å². The van der Waals surface area contributed by atoms with Crippen molar-refractivity contribution in [3.63, 3.8) is 0 Å². The van der Waals surface area contributed by atoms with Gasteiger partial charge in [0.1, 0.15) is 0 Å². The maximum atomic E-state index is 12.3. The number of carbonyl (C=O) groups excluding carboxylic acids is 3. The molecule has 8 heteroatoms. The van der Waals surface area contributed by atoms with Crippen LogP contribution in [-0.4, -0.2) is 60.7 Å². The van der Waals surface area contributed by atoms with E-state index in [1.165, 1.54) is 4.90 Å². The summed E-state index contributed by atoms with van der Waals surface area (Å²) in [4.78, 5) is 39.3. The summed E-state index contributed by atoms with van der Waals surface area (Å²) in [5.41, 5.74) is 7.29. The number of benzene rings is 1. The van der Waals surface area contributed by atoms with E-state index in [2.05, 4.69) is 5.32 Å². The Kier molecular flexibility index (Phi) is 10.7. The van der Waals surface area contributed by atoms with Crippen molar-refractivity contribution >= 4 is 30.1 Å². The molecule has 152 valence electrons. The first-order valence-electron chi connectivity index (χ1n) is 8.79. The number of nitrogens with one attached hydrogen (secondary N) is 1. The van der Waals surface area contributed by atoms with Gasteiger partial charge in [0.2, 0.25) is 11.8 Å². The fraction of sp³-hybridized carbons (Fsp3) is 0.526. The second-order valence-electron chi connectivity index (χ2n) is 6.79. The minimum atomic E-state index is -0.625. The zero-order valence-electron chi connectivity index (χ0n) is 16.7. The number of hydrogen-bond donors (Lipinski definition) is 2. The molecule has 0 saturated carbocycles. The average Bonchev–Trinajstić information content (AvgIpc) is 2.62. The highest BCUT2D eigenvalue weighted by atomic mass is 35.5. The minimum Gasteiger partial charge on any atom is -0.346 e. The van der Waals surface area contributed by atoms with E-state index in [1.807, 2.05) is 32.9 Å². The van der Waals surface area contributed by atoms with Crippen LogP contribution in [0.2, 0.25) is 0 Å². The maximum absolute atomic E-state index is 12.3. The Bertz CT molecular complexity index is 632. The highest BCUT2D eigenvalue weighted by Gasteiger charge is 2.19. The first-order chi connectivity index (χ1) is 12.2. The average molecular weight is 399 g/mol. The van der Waals surface area contributed by atoms with Crippen LogP contribution in [-0.2, 0) is 16.1 Å². The molecule has 3 amide bonds. The van der Waals surface area contributed by atoms with Crippen LogP contribution >= 0.6 is 12.4 Å². The fourth-order valence-corrected chi connectivity index (χ4v) is 2.30. The second kappa shape index (κ2) is 11.6. The fourth-order valence-electron chi connectivity index (χ4n) is 2.30. The van der Waals surface area contributed by atoms with Gasteiger partial charge in [0, 0.05) is 32.7 Å². The van der Waals surface area contributed by atoms with Gasteiger partial charge in [-0.15, -0.1) is 12.4 Å². The molecule has 0 saturated heterocycles. The zero-order chi connectivity index (χ0) is 19.9. The molecule has 0 heterocycles. The summed E-state index contributed by atoms with van der Waals surface area (Å²) in [7, 11) is 3.40. The summed E-state index contributed by atoms with van der Waals surface area (Å²) in [5.74, 6) is -0.554. The highest BCUT2D eigenvalue weighted by Crippen LogP contribution is 2.09. The van der Waals surface area contributed by atoms with Crippen molar-refractivity contribution in [1.82, 2.24) is 15.1 Å². The molecule has 0 aliphatic heterocycles. The van der Waals surface area contributed by atoms with Gasteiger partial charge in [-0.1, -0.05) is 26.0 Å². The van der Waals surface area contributed by atoms with Crippen molar-refractivity contribution in [2.24, 2.45) is 11.7 Å². The Morgan fingerprint density at radius 1 is 1.11 bits per heavy atom. The molecule has 1 aromatic rings. The van der Waals surface area contributed by atoms with Gasteiger partial charge in [0.15, 0.2) is 0 Å². The van der Waals surface area contributed by atoms with E-state index in [0.29, 0.717) is 18.7 Å². The predicted molar refractivity (Wildman–Crippen MR) is 109 cm³/mol. The largest absolute Gasteiger partial charge is 0.346 e. The number of nitrogens with two attached hydrogens (primary N) is 1. The Hall–Kier alpha value is -2.12. The van der Waals surface area contributed by atoms with Crippen molar-refractivity contribution in [1.29, 1.82) is 0 Å². The monoisotopic (exact) mass is 398 g/mol. The van der Waals surface area contributed by atoms with Crippen molar-refractivity contribution in [2.45, 2.75) is 33.4 Å². The molecule has 27 heavy (non-hydrogen) atoms. The first kappa shape index (κ1) is 24.9. The molecule has 7 nitrogen and oxygen atoms in total. The number of carbonyl (C=O) groups is 3. The standard InChI is InChI=1S/C19H30N4O3.ClH/c1-6-23(16(24)11-21-18(25)17(20)13(2)3)12-14-7-9-15(10-8-14)19(26)22(4)5;/h7-10,13,17H,6,11-12,20H2,1-5H3,(H,21,25);1H/t17-;/m0./s1. The third-order valence-electron chi connectivity index (χ3n) is 4.15. The lowest BCUT2D eigenvalue weighted by atomic mass is 10.1. The molecule has 0 aromatic heterocycles. The SMILES string of the molecule is CCN(Cc1ccc(C(=O)N(C)C)cc1)C(=O)CNC(=O)[C@@H](N)C(C)C.Cl. The van der Waals surface area contributed by atoms with E-state index in [1.54, 1.807) is 31.1 Å². The van der Waals surface area contributed by atoms with Crippen LogP contribution in [0.1, 0.15) is 36.7 Å². The molecular weight excluding hydrogens is 368 g/mol. The second-order valence-corrected chi connectivity index (χ2v) is 6.79. The third kappa shape index (κ3) is 7.56. The number of amides is 3. The van der Waals surface area contributed by atoms with Crippen LogP contribution in [0.5, 0.6) is 0 Å². The molecule has 0 spiro atoms. The van der Waals surface area contributed by atoms with Crippen molar-refractivity contribution in [2.75, 3.05) is 27.2 Å². The molecule has 0 aliphatic rings. The summed E-state index contributed by atoms with van der Waals surface area (Å²) < 4.78 is 0. The Morgan fingerprint density at radius 3 is 2.11 bits per heavy atom. The van der Waals surface area contributed by atoms with Gasteiger partial charge in [-0.2, -0.15) is 0 Å². The summed E-state index contributed by atoms with van der Waals surface area (Å²) >= 11 is 0. The quantitative estimate of drug-likeness (QED) is 0.689. The van der Waals surface area contributed by atoms with Crippen LogP contribution < -0.4 is 11.1 Å². The molecule has 0 fully saturated rings. The molecule has 0 aliphatic carbocycles. The Labute approximate surface area is 167 Å². The molecule has 1 rings (SSSR count). The van der Waals surface area contributed by atoms with Crippen LogP contribution in [0.25, 0.3) is 0 Å². The van der Waals surface area contributed by atoms with Crippen molar-refractivity contribution in [3.05, 3.63) is 35.4 Å². The van der Waals surface area contributed by atoms with E-state index in [9.17, 15) is 14.4 Å². The highest BCUT2D eigenvalue weighted by molar-refractivity contribution is 5.93. The molecule has 3 N–H and O–H groups in total. The van der Waals surface area contributed by atoms with Crippen LogP contribution in [0.4, 0.5) is 0 Å². The number of likely N-dealkylation sites (N-methyl/N-ethyl adjacent to an activating group) is 1. The molecule has 1 aromatic carbocycles. The van der Waals surface area contributed by atoms with E-state index >= 15 is 0 Å². The topological polar surface area (TPSA) is 95.7 Å². The first-order valence-corrected chi connectivity index (χ1v) is 8.79. The van der Waals surface area contributed by atoms with Crippen molar-refractivity contribution < 1.29 is 14.4 Å². The molecular formula is C19H31ClN4O3. The molecule has 0 bridgehead atoms. The van der Waals surface area contributed by atoms with Crippen LogP contribution in [0.15, 0.2) is 24.3 Å².